The SMILES string of the molecule is CCNC(=NCC(Cc1ccccc1)N(C)C)N1CCC2(CCOC2)C1. The Kier molecular flexibility index (Phi) is 6.54. The quantitative estimate of drug-likeness (QED) is 0.625. The van der Waals surface area contributed by atoms with Crippen molar-refractivity contribution in [2.45, 2.75) is 32.2 Å². The summed E-state index contributed by atoms with van der Waals surface area (Å²) in [5.41, 5.74) is 1.73. The van der Waals surface area contributed by atoms with Crippen LogP contribution in [0.3, 0.4) is 0 Å². The third kappa shape index (κ3) is 4.77. The second kappa shape index (κ2) is 8.87. The number of hydrogen-bond donors (Lipinski definition) is 1. The van der Waals surface area contributed by atoms with E-state index < -0.39 is 0 Å². The van der Waals surface area contributed by atoms with Crippen LogP contribution >= 0.6 is 0 Å². The zero-order valence-electron chi connectivity index (χ0n) is 16.6. The first-order chi connectivity index (χ1) is 12.6. The molecule has 2 aliphatic heterocycles. The second-order valence-electron chi connectivity index (χ2n) is 7.98. The van der Waals surface area contributed by atoms with Gasteiger partial charge in [-0.1, -0.05) is 30.3 Å². The first-order valence-electron chi connectivity index (χ1n) is 9.93. The van der Waals surface area contributed by atoms with Gasteiger partial charge in [0, 0.05) is 37.7 Å². The summed E-state index contributed by atoms with van der Waals surface area (Å²) in [6.45, 7) is 7.85. The minimum Gasteiger partial charge on any atom is -0.381 e. The molecule has 2 fully saturated rings. The molecule has 1 spiro atoms. The van der Waals surface area contributed by atoms with Gasteiger partial charge in [-0.3, -0.25) is 4.99 Å². The van der Waals surface area contributed by atoms with Crippen molar-refractivity contribution in [3.8, 4) is 0 Å². The van der Waals surface area contributed by atoms with E-state index in [1.165, 1.54) is 18.4 Å². The lowest BCUT2D eigenvalue weighted by Gasteiger charge is -2.27. The van der Waals surface area contributed by atoms with Crippen molar-refractivity contribution in [3.63, 3.8) is 0 Å². The highest BCUT2D eigenvalue weighted by Gasteiger charge is 2.42. The monoisotopic (exact) mass is 358 g/mol. The van der Waals surface area contributed by atoms with Crippen LogP contribution in [0.15, 0.2) is 35.3 Å². The molecule has 2 atom stereocenters. The zero-order valence-corrected chi connectivity index (χ0v) is 16.6. The van der Waals surface area contributed by atoms with Crippen molar-refractivity contribution in [2.24, 2.45) is 10.4 Å². The summed E-state index contributed by atoms with van der Waals surface area (Å²) in [5, 5.41) is 3.51. The van der Waals surface area contributed by atoms with Crippen LogP contribution < -0.4 is 5.32 Å². The number of likely N-dealkylation sites (tertiary alicyclic amines) is 1. The van der Waals surface area contributed by atoms with Crippen molar-refractivity contribution < 1.29 is 4.74 Å². The van der Waals surface area contributed by atoms with Crippen molar-refractivity contribution in [2.75, 3.05) is 53.5 Å². The molecule has 2 heterocycles. The Bertz CT molecular complexity index is 581. The number of likely N-dealkylation sites (N-methyl/N-ethyl adjacent to an activating group) is 1. The van der Waals surface area contributed by atoms with Crippen LogP contribution in [0.25, 0.3) is 0 Å². The van der Waals surface area contributed by atoms with E-state index in [-0.39, 0.29) is 0 Å². The average Bonchev–Trinajstić information content (AvgIpc) is 3.28. The van der Waals surface area contributed by atoms with Crippen LogP contribution in [0.2, 0.25) is 0 Å². The Morgan fingerprint density at radius 3 is 2.77 bits per heavy atom. The molecule has 2 unspecified atom stereocenters. The van der Waals surface area contributed by atoms with Crippen LogP contribution in [0.5, 0.6) is 0 Å². The molecule has 1 N–H and O–H groups in total. The molecule has 0 saturated carbocycles. The lowest BCUT2D eigenvalue weighted by atomic mass is 9.87. The van der Waals surface area contributed by atoms with E-state index >= 15 is 0 Å². The van der Waals surface area contributed by atoms with Gasteiger partial charge in [-0.15, -0.1) is 0 Å². The molecule has 1 aromatic carbocycles. The Morgan fingerprint density at radius 1 is 1.31 bits per heavy atom. The number of guanidine groups is 1. The lowest BCUT2D eigenvalue weighted by Crippen LogP contribution is -2.42. The van der Waals surface area contributed by atoms with Gasteiger partial charge in [0.2, 0.25) is 0 Å². The summed E-state index contributed by atoms with van der Waals surface area (Å²) >= 11 is 0. The molecule has 0 amide bonds. The maximum atomic E-state index is 5.67. The predicted molar refractivity (Wildman–Crippen MR) is 108 cm³/mol. The minimum absolute atomic E-state index is 0.362. The summed E-state index contributed by atoms with van der Waals surface area (Å²) in [5.74, 6) is 1.07. The molecule has 26 heavy (non-hydrogen) atoms. The van der Waals surface area contributed by atoms with Gasteiger partial charge >= 0.3 is 0 Å². The highest BCUT2D eigenvalue weighted by molar-refractivity contribution is 5.80. The van der Waals surface area contributed by atoms with E-state index in [2.05, 4.69) is 66.5 Å². The van der Waals surface area contributed by atoms with Crippen LogP contribution in [-0.4, -0.2) is 75.3 Å². The Labute approximate surface area is 158 Å². The van der Waals surface area contributed by atoms with Gasteiger partial charge in [-0.05, 0) is 45.8 Å². The number of ether oxygens (including phenoxy) is 1. The number of hydrogen-bond acceptors (Lipinski definition) is 3. The summed E-state index contributed by atoms with van der Waals surface area (Å²) in [4.78, 5) is 9.74. The fraction of sp³-hybridized carbons (Fsp3) is 0.667. The fourth-order valence-electron chi connectivity index (χ4n) is 4.00. The Hall–Kier alpha value is -1.59. The van der Waals surface area contributed by atoms with Gasteiger partial charge in [0.05, 0.1) is 13.2 Å². The predicted octanol–water partition coefficient (Wildman–Crippen LogP) is 2.24. The largest absolute Gasteiger partial charge is 0.381 e. The number of benzene rings is 1. The summed E-state index contributed by atoms with van der Waals surface area (Å²) in [6.07, 6.45) is 3.43. The Balaban J connectivity index is 1.65. The molecule has 0 radical (unpaired) electrons. The normalized spacial score (nSPS) is 24.6. The highest BCUT2D eigenvalue weighted by atomic mass is 16.5. The summed E-state index contributed by atoms with van der Waals surface area (Å²) in [7, 11) is 4.30. The van der Waals surface area contributed by atoms with E-state index in [0.29, 0.717) is 11.5 Å². The number of nitrogens with one attached hydrogen (secondary N) is 1. The summed E-state index contributed by atoms with van der Waals surface area (Å²) in [6, 6.07) is 11.1. The van der Waals surface area contributed by atoms with Crippen LogP contribution in [0, 0.1) is 5.41 Å². The molecule has 0 aliphatic carbocycles. The smallest absolute Gasteiger partial charge is 0.193 e. The first kappa shape index (κ1) is 19.2. The zero-order chi connectivity index (χ0) is 18.4. The van der Waals surface area contributed by atoms with E-state index in [4.69, 9.17) is 9.73 Å². The van der Waals surface area contributed by atoms with E-state index in [0.717, 1.165) is 51.8 Å². The Morgan fingerprint density at radius 2 is 2.12 bits per heavy atom. The average molecular weight is 359 g/mol. The van der Waals surface area contributed by atoms with Crippen LogP contribution in [-0.2, 0) is 11.2 Å². The van der Waals surface area contributed by atoms with Gasteiger partial charge in [-0.25, -0.2) is 0 Å². The molecule has 2 aliphatic rings. The molecule has 144 valence electrons. The topological polar surface area (TPSA) is 40.1 Å². The number of aliphatic imine (C=N–C) groups is 1. The van der Waals surface area contributed by atoms with Gasteiger partial charge < -0.3 is 19.9 Å². The third-order valence-electron chi connectivity index (χ3n) is 5.75. The van der Waals surface area contributed by atoms with E-state index in [1.807, 2.05) is 0 Å². The molecular weight excluding hydrogens is 324 g/mol. The molecular formula is C21H34N4O. The van der Waals surface area contributed by atoms with E-state index in [9.17, 15) is 0 Å². The number of rotatable bonds is 6. The molecule has 5 heteroatoms. The van der Waals surface area contributed by atoms with Gasteiger partial charge in [-0.2, -0.15) is 0 Å². The van der Waals surface area contributed by atoms with Crippen molar-refractivity contribution in [3.05, 3.63) is 35.9 Å². The second-order valence-corrected chi connectivity index (χ2v) is 7.98. The fourth-order valence-corrected chi connectivity index (χ4v) is 4.00. The third-order valence-corrected chi connectivity index (χ3v) is 5.75. The molecule has 5 nitrogen and oxygen atoms in total. The first-order valence-corrected chi connectivity index (χ1v) is 9.93. The number of nitrogens with zero attached hydrogens (tertiary/aromatic N) is 3. The maximum absolute atomic E-state index is 5.67. The molecule has 0 aromatic heterocycles. The molecule has 1 aromatic rings. The van der Waals surface area contributed by atoms with Crippen molar-refractivity contribution in [1.29, 1.82) is 0 Å². The lowest BCUT2D eigenvalue weighted by molar-refractivity contribution is 0.156. The molecule has 3 rings (SSSR count). The van der Waals surface area contributed by atoms with Crippen molar-refractivity contribution in [1.82, 2.24) is 15.1 Å². The van der Waals surface area contributed by atoms with Gasteiger partial charge in [0.15, 0.2) is 5.96 Å². The minimum atomic E-state index is 0.362. The summed E-state index contributed by atoms with van der Waals surface area (Å²) < 4.78 is 5.67. The van der Waals surface area contributed by atoms with Crippen molar-refractivity contribution >= 4 is 5.96 Å². The van der Waals surface area contributed by atoms with E-state index in [1.54, 1.807) is 0 Å². The maximum Gasteiger partial charge on any atom is 0.193 e. The standard InChI is InChI=1S/C21H34N4O/c1-4-22-20(25-12-10-21(16-25)11-13-26-17-21)23-15-19(24(2)3)14-18-8-6-5-7-9-18/h5-9,19H,4,10-17H2,1-3H3,(H,22,23). The highest BCUT2D eigenvalue weighted by Crippen LogP contribution is 2.38. The molecule has 0 bridgehead atoms. The van der Waals surface area contributed by atoms with Gasteiger partial charge in [0.1, 0.15) is 0 Å². The van der Waals surface area contributed by atoms with Crippen LogP contribution in [0.1, 0.15) is 25.3 Å². The van der Waals surface area contributed by atoms with Crippen LogP contribution in [0.4, 0.5) is 0 Å². The van der Waals surface area contributed by atoms with Gasteiger partial charge in [0.25, 0.3) is 0 Å². The molecule has 2 saturated heterocycles.